The van der Waals surface area contributed by atoms with Crippen LogP contribution in [0.1, 0.15) is 57.9 Å². The zero-order chi connectivity index (χ0) is 27.8. The number of nitrogens with one attached hydrogen (secondary N) is 1. The predicted molar refractivity (Wildman–Crippen MR) is 150 cm³/mol. The van der Waals surface area contributed by atoms with Crippen molar-refractivity contribution in [3.05, 3.63) is 54.1 Å². The summed E-state index contributed by atoms with van der Waals surface area (Å²) in [6.45, 7) is 3.94. The van der Waals surface area contributed by atoms with Crippen LogP contribution in [0.5, 0.6) is 11.5 Å². The van der Waals surface area contributed by atoms with Crippen molar-refractivity contribution in [3.8, 4) is 11.5 Å². The van der Waals surface area contributed by atoms with Crippen LogP contribution in [0.2, 0.25) is 0 Å². The van der Waals surface area contributed by atoms with Crippen molar-refractivity contribution in [2.24, 2.45) is 0 Å². The van der Waals surface area contributed by atoms with Gasteiger partial charge in [-0.3, -0.25) is 13.9 Å². The number of nitrogens with zero attached hydrogens (tertiary/aromatic N) is 2. The number of carbonyl (C=O) groups is 2. The summed E-state index contributed by atoms with van der Waals surface area (Å²) in [6, 6.07) is 13.7. The first-order valence-corrected chi connectivity index (χ1v) is 15.5. The molecule has 2 aromatic rings. The maximum Gasteiger partial charge on any atom is 0.244 e. The molecule has 1 fully saturated rings. The van der Waals surface area contributed by atoms with Gasteiger partial charge in [-0.25, -0.2) is 8.42 Å². The highest BCUT2D eigenvalue weighted by atomic mass is 32.2. The van der Waals surface area contributed by atoms with Crippen molar-refractivity contribution in [1.29, 1.82) is 0 Å². The molecule has 1 atom stereocenters. The molecule has 39 heavy (non-hydrogen) atoms. The number of benzene rings is 2. The molecule has 2 aromatic carbocycles. The molecule has 10 heteroatoms. The Bertz CT molecular complexity index is 1230. The lowest BCUT2D eigenvalue weighted by molar-refractivity contribution is -0.140. The summed E-state index contributed by atoms with van der Waals surface area (Å²) >= 11 is 0. The van der Waals surface area contributed by atoms with Crippen LogP contribution in [0.3, 0.4) is 0 Å². The molecular weight excluding hydrogens is 518 g/mol. The van der Waals surface area contributed by atoms with Gasteiger partial charge in [0, 0.05) is 18.7 Å². The van der Waals surface area contributed by atoms with Crippen molar-refractivity contribution < 1.29 is 27.5 Å². The highest BCUT2D eigenvalue weighted by Crippen LogP contribution is 2.35. The number of hydrogen-bond donors (Lipinski definition) is 1. The van der Waals surface area contributed by atoms with Crippen molar-refractivity contribution >= 4 is 27.5 Å². The van der Waals surface area contributed by atoms with Crippen molar-refractivity contribution in [2.75, 3.05) is 29.8 Å². The van der Waals surface area contributed by atoms with E-state index >= 15 is 0 Å². The van der Waals surface area contributed by atoms with E-state index in [0.717, 1.165) is 35.6 Å². The second-order valence-electron chi connectivity index (χ2n) is 10.0. The van der Waals surface area contributed by atoms with Crippen LogP contribution in [0.15, 0.2) is 48.5 Å². The maximum absolute atomic E-state index is 14.0. The number of carbonyl (C=O) groups excluding carboxylic acids is 2. The van der Waals surface area contributed by atoms with Crippen molar-refractivity contribution in [3.63, 3.8) is 0 Å². The molecule has 4 rings (SSSR count). The third-order valence-electron chi connectivity index (χ3n) is 7.33. The summed E-state index contributed by atoms with van der Waals surface area (Å²) in [4.78, 5) is 29.0. The van der Waals surface area contributed by atoms with Gasteiger partial charge >= 0.3 is 0 Å². The zero-order valence-electron chi connectivity index (χ0n) is 22.8. The highest BCUT2D eigenvalue weighted by molar-refractivity contribution is 7.92. The van der Waals surface area contributed by atoms with Crippen molar-refractivity contribution in [2.45, 2.75) is 71.0 Å². The van der Waals surface area contributed by atoms with Gasteiger partial charge < -0.3 is 19.7 Å². The average molecular weight is 558 g/mol. The zero-order valence-corrected chi connectivity index (χ0v) is 23.6. The van der Waals surface area contributed by atoms with Gasteiger partial charge in [0.25, 0.3) is 0 Å². The fourth-order valence-electron chi connectivity index (χ4n) is 5.15. The van der Waals surface area contributed by atoms with Gasteiger partial charge in [0.15, 0.2) is 11.5 Å². The predicted octanol–water partition coefficient (Wildman–Crippen LogP) is 3.87. The number of hydrogen-bond acceptors (Lipinski definition) is 6. The van der Waals surface area contributed by atoms with Crippen LogP contribution in [0, 0.1) is 0 Å². The first-order chi connectivity index (χ1) is 18.8. The van der Waals surface area contributed by atoms with Gasteiger partial charge in [0.1, 0.15) is 25.8 Å². The number of amides is 2. The van der Waals surface area contributed by atoms with E-state index in [-0.39, 0.29) is 24.2 Å². The van der Waals surface area contributed by atoms with Crippen LogP contribution in [-0.2, 0) is 26.2 Å². The van der Waals surface area contributed by atoms with Gasteiger partial charge in [-0.15, -0.1) is 0 Å². The number of anilines is 1. The lowest BCUT2D eigenvalue weighted by atomic mass is 9.95. The topological polar surface area (TPSA) is 105 Å². The molecule has 9 nitrogen and oxygen atoms in total. The number of rotatable bonds is 11. The Morgan fingerprint density at radius 1 is 0.974 bits per heavy atom. The minimum absolute atomic E-state index is 0.101. The molecule has 212 valence electrons. The molecule has 1 heterocycles. The van der Waals surface area contributed by atoms with E-state index in [1.807, 2.05) is 37.3 Å². The van der Waals surface area contributed by atoms with Gasteiger partial charge in [0.2, 0.25) is 21.8 Å². The van der Waals surface area contributed by atoms with E-state index in [0.29, 0.717) is 36.8 Å². The van der Waals surface area contributed by atoms with Crippen molar-refractivity contribution in [1.82, 2.24) is 10.2 Å². The average Bonchev–Trinajstić information content (AvgIpc) is 2.96. The molecule has 0 spiro atoms. The van der Waals surface area contributed by atoms with E-state index < -0.39 is 28.5 Å². The minimum Gasteiger partial charge on any atom is -0.486 e. The lowest BCUT2D eigenvalue weighted by Crippen LogP contribution is -2.54. The number of ether oxygens (including phenoxy) is 2. The van der Waals surface area contributed by atoms with E-state index in [1.165, 1.54) is 11.3 Å². The first kappa shape index (κ1) is 28.7. The van der Waals surface area contributed by atoms with Crippen LogP contribution in [0.25, 0.3) is 0 Å². The maximum atomic E-state index is 14.0. The second-order valence-corrected chi connectivity index (χ2v) is 12.2. The largest absolute Gasteiger partial charge is 0.486 e. The smallest absolute Gasteiger partial charge is 0.244 e. The SMILES string of the molecule is CC[C@H](C(=O)NC1CCCCC1)N(Cc1ccccc1)C(=O)CN(c1ccc2c(c1)OCCO2)S(=O)(=O)CC. The Morgan fingerprint density at radius 2 is 1.67 bits per heavy atom. The first-order valence-electron chi connectivity index (χ1n) is 13.9. The fourth-order valence-corrected chi connectivity index (χ4v) is 6.20. The quantitative estimate of drug-likeness (QED) is 0.450. The Hall–Kier alpha value is -3.27. The van der Waals surface area contributed by atoms with Gasteiger partial charge in [-0.2, -0.15) is 0 Å². The molecule has 0 aromatic heterocycles. The Balaban J connectivity index is 1.63. The molecule has 0 radical (unpaired) electrons. The summed E-state index contributed by atoms with van der Waals surface area (Å²) in [5, 5.41) is 3.16. The summed E-state index contributed by atoms with van der Waals surface area (Å²) in [5.74, 6) is 0.129. The highest BCUT2D eigenvalue weighted by Gasteiger charge is 2.33. The second kappa shape index (κ2) is 13.2. The molecule has 2 aliphatic rings. The van der Waals surface area contributed by atoms with Gasteiger partial charge in [0.05, 0.1) is 11.4 Å². The third-order valence-corrected chi connectivity index (χ3v) is 9.07. The van der Waals surface area contributed by atoms with Crippen LogP contribution in [-0.4, -0.2) is 62.7 Å². The molecule has 0 bridgehead atoms. The van der Waals surface area contributed by atoms with E-state index in [1.54, 1.807) is 25.1 Å². The fraction of sp³-hybridized carbons (Fsp3) is 0.517. The lowest BCUT2D eigenvalue weighted by Gasteiger charge is -2.34. The number of fused-ring (bicyclic) bond motifs is 1. The molecule has 1 aliphatic carbocycles. The summed E-state index contributed by atoms with van der Waals surface area (Å²) < 4.78 is 38.8. The molecular formula is C29H39N3O6S. The van der Waals surface area contributed by atoms with E-state index in [9.17, 15) is 18.0 Å². The minimum atomic E-state index is -3.83. The molecule has 0 saturated heterocycles. The normalized spacial score (nSPS) is 16.3. The van der Waals surface area contributed by atoms with Crippen LogP contribution >= 0.6 is 0 Å². The third kappa shape index (κ3) is 7.23. The molecule has 1 aliphatic heterocycles. The number of sulfonamides is 1. The van der Waals surface area contributed by atoms with Crippen LogP contribution in [0.4, 0.5) is 5.69 Å². The van der Waals surface area contributed by atoms with E-state index in [2.05, 4.69) is 5.32 Å². The van der Waals surface area contributed by atoms with Gasteiger partial charge in [-0.05, 0) is 43.9 Å². The standard InChI is InChI=1S/C29H39N3O6S/c1-3-25(29(34)30-23-13-9-6-10-14-23)31(20-22-11-7-5-8-12-22)28(33)21-32(39(35,36)4-2)24-15-16-26-27(19-24)38-18-17-37-26/h5,7-8,11-12,15-16,19,23,25H,3-4,6,9-10,13-14,17-18,20-21H2,1-2H3,(H,30,34)/t25-/m1/s1. The molecule has 1 N–H and O–H groups in total. The Kier molecular flexibility index (Phi) is 9.72. The monoisotopic (exact) mass is 557 g/mol. The Labute approximate surface area is 231 Å². The molecule has 0 unspecified atom stereocenters. The van der Waals surface area contributed by atoms with Gasteiger partial charge in [-0.1, -0.05) is 56.5 Å². The molecule has 1 saturated carbocycles. The van der Waals surface area contributed by atoms with Crippen LogP contribution < -0.4 is 19.1 Å². The van der Waals surface area contributed by atoms with E-state index in [4.69, 9.17) is 9.47 Å². The summed E-state index contributed by atoms with van der Waals surface area (Å²) in [6.07, 6.45) is 5.59. The Morgan fingerprint density at radius 3 is 2.33 bits per heavy atom. The summed E-state index contributed by atoms with van der Waals surface area (Å²) in [7, 11) is -3.83. The summed E-state index contributed by atoms with van der Waals surface area (Å²) in [5.41, 5.74) is 1.17. The molecule has 2 amide bonds.